The van der Waals surface area contributed by atoms with Gasteiger partial charge >= 0.3 is 0 Å². The van der Waals surface area contributed by atoms with Crippen molar-refractivity contribution >= 4 is 0 Å². The first-order chi connectivity index (χ1) is 8.78. The van der Waals surface area contributed by atoms with Gasteiger partial charge in [-0.05, 0) is 0 Å². The number of hydrogen-bond acceptors (Lipinski definition) is 8. The summed E-state index contributed by atoms with van der Waals surface area (Å²) in [5, 5.41) is 3.81. The van der Waals surface area contributed by atoms with Gasteiger partial charge in [0.1, 0.15) is 18.1 Å². The van der Waals surface area contributed by atoms with Crippen molar-refractivity contribution in [3.05, 3.63) is 18.3 Å². The van der Waals surface area contributed by atoms with E-state index in [-0.39, 0.29) is 6.54 Å². The second-order valence-corrected chi connectivity index (χ2v) is 3.36. The number of hydrogen-bond donors (Lipinski definition) is 1. The molecule has 2 aromatic heterocycles. The van der Waals surface area contributed by atoms with Gasteiger partial charge in [-0.1, -0.05) is 5.16 Å². The Balaban J connectivity index is 2.28. The van der Waals surface area contributed by atoms with Crippen molar-refractivity contribution in [3.63, 3.8) is 0 Å². The molecule has 0 aliphatic heterocycles. The van der Waals surface area contributed by atoms with E-state index in [4.69, 9.17) is 19.7 Å². The molecule has 0 aliphatic rings. The van der Waals surface area contributed by atoms with Gasteiger partial charge in [0, 0.05) is 19.7 Å². The Morgan fingerprint density at radius 1 is 1.39 bits per heavy atom. The highest BCUT2D eigenvalue weighted by molar-refractivity contribution is 5.49. The molecule has 0 fully saturated rings. The van der Waals surface area contributed by atoms with Crippen LogP contribution in [0, 0.1) is 0 Å². The summed E-state index contributed by atoms with van der Waals surface area (Å²) < 4.78 is 15.2. The topological polar surface area (TPSA) is 109 Å². The molecule has 18 heavy (non-hydrogen) atoms. The van der Waals surface area contributed by atoms with Gasteiger partial charge in [-0.15, -0.1) is 0 Å². The predicted molar refractivity (Wildman–Crippen MR) is 60.7 cm³/mol. The molecule has 2 aromatic rings. The van der Waals surface area contributed by atoms with E-state index >= 15 is 0 Å². The predicted octanol–water partition coefficient (Wildman–Crippen LogP) is 0.181. The van der Waals surface area contributed by atoms with Gasteiger partial charge in [0.05, 0.1) is 7.11 Å². The van der Waals surface area contributed by atoms with Crippen LogP contribution >= 0.6 is 0 Å². The summed E-state index contributed by atoms with van der Waals surface area (Å²) in [7, 11) is 3.04. The van der Waals surface area contributed by atoms with E-state index in [0.717, 1.165) is 0 Å². The number of nitrogens with zero attached hydrogens (tertiary/aromatic N) is 4. The van der Waals surface area contributed by atoms with Crippen molar-refractivity contribution in [1.29, 1.82) is 0 Å². The Morgan fingerprint density at radius 3 is 2.89 bits per heavy atom. The van der Waals surface area contributed by atoms with E-state index in [1.807, 2.05) is 0 Å². The van der Waals surface area contributed by atoms with Crippen LogP contribution in [0.1, 0.15) is 12.0 Å². The third-order valence-corrected chi connectivity index (χ3v) is 2.30. The minimum absolute atomic E-state index is 0.255. The van der Waals surface area contributed by atoms with Crippen LogP contribution in [0.15, 0.2) is 16.9 Å². The molecule has 2 N–H and O–H groups in total. The fraction of sp³-hybridized carbons (Fsp3) is 0.400. The average molecular weight is 251 g/mol. The molecule has 8 nitrogen and oxygen atoms in total. The monoisotopic (exact) mass is 251 g/mol. The maximum atomic E-state index is 5.51. The van der Waals surface area contributed by atoms with Crippen molar-refractivity contribution in [3.8, 4) is 17.4 Å². The number of ether oxygens (including phenoxy) is 2. The molecule has 8 heteroatoms. The van der Waals surface area contributed by atoms with E-state index in [0.29, 0.717) is 23.3 Å². The Labute approximate surface area is 103 Å². The first-order valence-electron chi connectivity index (χ1n) is 5.21. The Kier molecular flexibility index (Phi) is 3.80. The molecule has 2 heterocycles. The summed E-state index contributed by atoms with van der Waals surface area (Å²) in [4.78, 5) is 12.1. The van der Waals surface area contributed by atoms with Gasteiger partial charge in [0.2, 0.25) is 11.7 Å². The summed E-state index contributed by atoms with van der Waals surface area (Å²) in [5.74, 6) is 1.07. The van der Waals surface area contributed by atoms with Gasteiger partial charge in [-0.25, -0.2) is 9.97 Å². The van der Waals surface area contributed by atoms with Gasteiger partial charge in [0.15, 0.2) is 0 Å². The van der Waals surface area contributed by atoms with Crippen LogP contribution in [0.5, 0.6) is 5.88 Å². The lowest BCUT2D eigenvalue weighted by atomic mass is 10.3. The molecule has 2 rings (SSSR count). The third-order valence-electron chi connectivity index (χ3n) is 2.30. The minimum atomic E-state index is -0.421. The molecule has 0 bridgehead atoms. The van der Waals surface area contributed by atoms with Crippen molar-refractivity contribution in [2.45, 2.75) is 6.10 Å². The first kappa shape index (κ1) is 12.4. The van der Waals surface area contributed by atoms with Gasteiger partial charge in [-0.2, -0.15) is 4.98 Å². The molecule has 0 amide bonds. The van der Waals surface area contributed by atoms with Crippen molar-refractivity contribution in [2.24, 2.45) is 5.73 Å². The molecular weight excluding hydrogens is 238 g/mol. The van der Waals surface area contributed by atoms with Crippen molar-refractivity contribution in [2.75, 3.05) is 20.8 Å². The summed E-state index contributed by atoms with van der Waals surface area (Å²) >= 11 is 0. The van der Waals surface area contributed by atoms with Crippen LogP contribution in [-0.2, 0) is 4.74 Å². The van der Waals surface area contributed by atoms with Gasteiger partial charge in [-0.3, -0.25) is 0 Å². The summed E-state index contributed by atoms with van der Waals surface area (Å²) in [6, 6.07) is 1.61. The number of aromatic nitrogens is 4. The lowest BCUT2D eigenvalue weighted by Gasteiger charge is -2.05. The summed E-state index contributed by atoms with van der Waals surface area (Å²) in [5.41, 5.74) is 6.01. The molecule has 0 radical (unpaired) electrons. The summed E-state index contributed by atoms with van der Waals surface area (Å²) in [6.45, 7) is 0.255. The highest BCUT2D eigenvalue weighted by Crippen LogP contribution is 2.19. The Bertz CT molecular complexity index is 512. The zero-order chi connectivity index (χ0) is 13.0. The maximum absolute atomic E-state index is 5.51. The zero-order valence-electron chi connectivity index (χ0n) is 10.0. The molecule has 1 atom stereocenters. The highest BCUT2D eigenvalue weighted by atomic mass is 16.5. The van der Waals surface area contributed by atoms with Gasteiger partial charge < -0.3 is 19.7 Å². The van der Waals surface area contributed by atoms with Gasteiger partial charge in [0.25, 0.3) is 5.89 Å². The van der Waals surface area contributed by atoms with Crippen LogP contribution in [0.4, 0.5) is 0 Å². The highest BCUT2D eigenvalue weighted by Gasteiger charge is 2.18. The zero-order valence-corrected chi connectivity index (χ0v) is 10.0. The van der Waals surface area contributed by atoms with Crippen LogP contribution in [0.25, 0.3) is 11.5 Å². The summed E-state index contributed by atoms with van der Waals surface area (Å²) in [6.07, 6.45) is 0.941. The van der Waals surface area contributed by atoms with Crippen molar-refractivity contribution < 1.29 is 14.0 Å². The number of rotatable bonds is 5. The van der Waals surface area contributed by atoms with Crippen LogP contribution in [0.2, 0.25) is 0 Å². The van der Waals surface area contributed by atoms with Crippen LogP contribution in [-0.4, -0.2) is 40.9 Å². The maximum Gasteiger partial charge on any atom is 0.257 e. The molecule has 0 aromatic carbocycles. The van der Waals surface area contributed by atoms with E-state index in [1.54, 1.807) is 6.07 Å². The Morgan fingerprint density at radius 2 is 2.22 bits per heavy atom. The average Bonchev–Trinajstić information content (AvgIpc) is 2.90. The molecule has 0 spiro atoms. The standard InChI is InChI=1S/C10H13N5O3/c1-16-7(4-11)10-14-9(15-18-10)6-3-8(17-2)13-5-12-6/h3,5,7H,4,11H2,1-2H3. The molecule has 1 unspecified atom stereocenters. The van der Waals surface area contributed by atoms with Crippen molar-refractivity contribution in [1.82, 2.24) is 20.1 Å². The van der Waals surface area contributed by atoms with Crippen LogP contribution < -0.4 is 10.5 Å². The fourth-order valence-electron chi connectivity index (χ4n) is 1.34. The molecule has 0 saturated heterocycles. The second kappa shape index (κ2) is 5.52. The van der Waals surface area contributed by atoms with E-state index in [1.165, 1.54) is 20.5 Å². The SMILES string of the molecule is COc1cc(-c2noc(C(CN)OC)n2)ncn1. The quantitative estimate of drug-likeness (QED) is 0.801. The minimum Gasteiger partial charge on any atom is -0.481 e. The first-order valence-corrected chi connectivity index (χ1v) is 5.21. The number of methoxy groups -OCH3 is 2. The van der Waals surface area contributed by atoms with Crippen LogP contribution in [0.3, 0.4) is 0 Å². The van der Waals surface area contributed by atoms with E-state index < -0.39 is 6.10 Å². The lowest BCUT2D eigenvalue weighted by Crippen LogP contribution is -2.14. The smallest absolute Gasteiger partial charge is 0.257 e. The second-order valence-electron chi connectivity index (χ2n) is 3.36. The largest absolute Gasteiger partial charge is 0.481 e. The molecule has 96 valence electrons. The normalized spacial score (nSPS) is 12.4. The fourth-order valence-corrected chi connectivity index (χ4v) is 1.34. The lowest BCUT2D eigenvalue weighted by molar-refractivity contribution is 0.0804. The van der Waals surface area contributed by atoms with E-state index in [9.17, 15) is 0 Å². The molecule has 0 aliphatic carbocycles. The van der Waals surface area contributed by atoms with E-state index in [2.05, 4.69) is 20.1 Å². The molecule has 0 saturated carbocycles. The molecular formula is C10H13N5O3. The Hall–Kier alpha value is -2.06. The number of nitrogens with two attached hydrogens (primary N) is 1. The third kappa shape index (κ3) is 2.44.